The number of likely N-dealkylation sites (tertiary alicyclic amines) is 1. The predicted molar refractivity (Wildman–Crippen MR) is 69.3 cm³/mol. The molecule has 0 aromatic heterocycles. The van der Waals surface area contributed by atoms with E-state index in [1.165, 1.54) is 6.42 Å². The van der Waals surface area contributed by atoms with E-state index in [-0.39, 0.29) is 26.1 Å². The largest absolute Gasteiger partial charge is 0.404 e. The molecule has 2 heterocycles. The highest BCUT2D eigenvalue weighted by molar-refractivity contribution is 5.84. The van der Waals surface area contributed by atoms with Crippen LogP contribution in [0.5, 0.6) is 0 Å². The van der Waals surface area contributed by atoms with Gasteiger partial charge < -0.3 is 15.5 Å². The van der Waals surface area contributed by atoms with Gasteiger partial charge in [-0.1, -0.05) is 6.42 Å². The molecule has 4 nitrogen and oxygen atoms in total. The van der Waals surface area contributed by atoms with Crippen LogP contribution >= 0.6 is 0 Å². The number of rotatable bonds is 4. The minimum Gasteiger partial charge on any atom is -0.354 e. The van der Waals surface area contributed by atoms with E-state index in [2.05, 4.69) is 15.5 Å². The summed E-state index contributed by atoms with van der Waals surface area (Å²) >= 11 is 0. The number of amides is 1. The molecule has 2 N–H and O–H groups in total. The van der Waals surface area contributed by atoms with Gasteiger partial charge in [-0.05, 0) is 38.9 Å². The molecule has 0 aromatic rings. The summed E-state index contributed by atoms with van der Waals surface area (Å²) in [7, 11) is 0. The Kier molecular flexibility index (Phi) is 4.90. The Hall–Kier alpha value is -0.820. The van der Waals surface area contributed by atoms with Crippen molar-refractivity contribution >= 4 is 5.91 Å². The van der Waals surface area contributed by atoms with Crippen LogP contribution in [0.4, 0.5) is 13.2 Å². The van der Waals surface area contributed by atoms with Crippen LogP contribution in [0.1, 0.15) is 25.7 Å². The van der Waals surface area contributed by atoms with Crippen LogP contribution in [0.3, 0.4) is 0 Å². The van der Waals surface area contributed by atoms with Crippen molar-refractivity contribution in [2.45, 2.75) is 31.9 Å². The Labute approximate surface area is 117 Å². The van der Waals surface area contributed by atoms with Crippen LogP contribution in [0.15, 0.2) is 0 Å². The fraction of sp³-hybridized carbons (Fsp3) is 0.923. The third-order valence-electron chi connectivity index (χ3n) is 4.29. The smallest absolute Gasteiger partial charge is 0.354 e. The Balaban J connectivity index is 1.83. The third kappa shape index (κ3) is 3.25. The first-order valence-corrected chi connectivity index (χ1v) is 7.24. The summed E-state index contributed by atoms with van der Waals surface area (Å²) in [6.07, 6.45) is -1.20. The molecule has 2 saturated heterocycles. The van der Waals surface area contributed by atoms with Gasteiger partial charge in [0.1, 0.15) is 0 Å². The summed E-state index contributed by atoms with van der Waals surface area (Å²) in [5.41, 5.74) is -2.24. The van der Waals surface area contributed by atoms with E-state index in [0.29, 0.717) is 6.54 Å². The number of hydrogen-bond acceptors (Lipinski definition) is 3. The maximum atomic E-state index is 13.1. The molecule has 0 saturated carbocycles. The summed E-state index contributed by atoms with van der Waals surface area (Å²) in [6, 6.07) is 0. The van der Waals surface area contributed by atoms with Gasteiger partial charge in [0.2, 0.25) is 5.91 Å². The molecule has 2 rings (SSSR count). The Morgan fingerprint density at radius 3 is 2.50 bits per heavy atom. The zero-order valence-corrected chi connectivity index (χ0v) is 11.6. The highest BCUT2D eigenvalue weighted by Gasteiger charge is 2.61. The third-order valence-corrected chi connectivity index (χ3v) is 4.29. The highest BCUT2D eigenvalue weighted by atomic mass is 19.4. The van der Waals surface area contributed by atoms with Crippen LogP contribution in [0.2, 0.25) is 0 Å². The fourth-order valence-corrected chi connectivity index (χ4v) is 2.94. The van der Waals surface area contributed by atoms with E-state index >= 15 is 0 Å². The number of piperidine rings is 1. The van der Waals surface area contributed by atoms with Gasteiger partial charge in [0.05, 0.1) is 0 Å². The number of hydrogen-bond donors (Lipinski definition) is 2. The van der Waals surface area contributed by atoms with Crippen LogP contribution in [-0.4, -0.2) is 56.3 Å². The Morgan fingerprint density at radius 2 is 1.95 bits per heavy atom. The lowest BCUT2D eigenvalue weighted by Gasteiger charge is -2.30. The lowest BCUT2D eigenvalue weighted by Crippen LogP contribution is -2.53. The number of nitrogens with one attached hydrogen (secondary N) is 2. The number of halogens is 3. The zero-order chi connectivity index (χ0) is 14.6. The maximum absolute atomic E-state index is 13.1. The molecule has 0 spiro atoms. The van der Waals surface area contributed by atoms with E-state index in [1.54, 1.807) is 0 Å². The van der Waals surface area contributed by atoms with E-state index in [4.69, 9.17) is 0 Å². The second-order valence-electron chi connectivity index (χ2n) is 5.66. The molecule has 2 aliphatic rings. The molecule has 2 fully saturated rings. The maximum Gasteiger partial charge on any atom is 0.404 e. The second kappa shape index (κ2) is 6.30. The molecule has 0 radical (unpaired) electrons. The van der Waals surface area contributed by atoms with Crippen molar-refractivity contribution in [3.05, 3.63) is 0 Å². The van der Waals surface area contributed by atoms with Crippen molar-refractivity contribution in [2.24, 2.45) is 5.41 Å². The molecule has 0 aromatic carbocycles. The van der Waals surface area contributed by atoms with Crippen LogP contribution in [0, 0.1) is 5.41 Å². The first-order valence-electron chi connectivity index (χ1n) is 7.24. The first kappa shape index (κ1) is 15.6. The number of carbonyl (C=O) groups is 1. The van der Waals surface area contributed by atoms with Crippen LogP contribution < -0.4 is 10.6 Å². The van der Waals surface area contributed by atoms with Gasteiger partial charge in [0, 0.05) is 19.6 Å². The fourth-order valence-electron chi connectivity index (χ4n) is 2.94. The molecular formula is C13H22F3N3O. The molecule has 1 unspecified atom stereocenters. The Bertz CT molecular complexity index is 334. The summed E-state index contributed by atoms with van der Waals surface area (Å²) in [5.74, 6) is -0.882. The number of alkyl halides is 3. The van der Waals surface area contributed by atoms with E-state index in [1.807, 2.05) is 0 Å². The van der Waals surface area contributed by atoms with Gasteiger partial charge in [-0.2, -0.15) is 13.2 Å². The molecule has 0 bridgehead atoms. The SMILES string of the molecule is O=C(NCCN1CCCCC1)C1(C(F)(F)F)CCNC1. The predicted octanol–water partition coefficient (Wildman–Crippen LogP) is 1.13. The van der Waals surface area contributed by atoms with Crippen molar-refractivity contribution < 1.29 is 18.0 Å². The molecule has 1 amide bonds. The molecule has 116 valence electrons. The molecule has 7 heteroatoms. The molecule has 0 aliphatic carbocycles. The van der Waals surface area contributed by atoms with Crippen molar-refractivity contribution in [2.75, 3.05) is 39.3 Å². The lowest BCUT2D eigenvalue weighted by atomic mass is 9.85. The minimum atomic E-state index is -4.49. The van der Waals surface area contributed by atoms with E-state index in [0.717, 1.165) is 25.9 Å². The lowest BCUT2D eigenvalue weighted by molar-refractivity contribution is -0.216. The molecule has 20 heavy (non-hydrogen) atoms. The monoisotopic (exact) mass is 293 g/mol. The summed E-state index contributed by atoms with van der Waals surface area (Å²) in [4.78, 5) is 14.2. The van der Waals surface area contributed by atoms with Crippen molar-refractivity contribution in [1.29, 1.82) is 0 Å². The average Bonchev–Trinajstić information content (AvgIpc) is 2.90. The van der Waals surface area contributed by atoms with E-state index in [9.17, 15) is 18.0 Å². The summed E-state index contributed by atoms with van der Waals surface area (Å²) in [6.45, 7) is 2.79. The highest BCUT2D eigenvalue weighted by Crippen LogP contribution is 2.43. The normalized spacial score (nSPS) is 28.6. The second-order valence-corrected chi connectivity index (χ2v) is 5.66. The average molecular weight is 293 g/mol. The summed E-state index contributed by atoms with van der Waals surface area (Å²) in [5, 5.41) is 5.13. The van der Waals surface area contributed by atoms with Crippen molar-refractivity contribution in [1.82, 2.24) is 15.5 Å². The zero-order valence-electron chi connectivity index (χ0n) is 11.6. The van der Waals surface area contributed by atoms with Gasteiger partial charge in [0.25, 0.3) is 0 Å². The summed E-state index contributed by atoms with van der Waals surface area (Å²) < 4.78 is 39.4. The van der Waals surface area contributed by atoms with Gasteiger partial charge in [-0.25, -0.2) is 0 Å². The molecule has 1 atom stereocenters. The van der Waals surface area contributed by atoms with Gasteiger partial charge in [-0.3, -0.25) is 4.79 Å². The van der Waals surface area contributed by atoms with Gasteiger partial charge >= 0.3 is 6.18 Å². The van der Waals surface area contributed by atoms with Crippen LogP contribution in [0.25, 0.3) is 0 Å². The number of carbonyl (C=O) groups excluding carboxylic acids is 1. The quantitative estimate of drug-likeness (QED) is 0.817. The van der Waals surface area contributed by atoms with Crippen molar-refractivity contribution in [3.8, 4) is 0 Å². The van der Waals surface area contributed by atoms with Crippen LogP contribution in [-0.2, 0) is 4.79 Å². The standard InChI is InChI=1S/C13H22F3N3O/c14-13(15,16)12(4-5-17-10-12)11(20)18-6-9-19-7-2-1-3-8-19/h17H,1-10H2,(H,18,20). The topological polar surface area (TPSA) is 44.4 Å². The Morgan fingerprint density at radius 1 is 1.25 bits per heavy atom. The molecule has 2 aliphatic heterocycles. The molecular weight excluding hydrogens is 271 g/mol. The minimum absolute atomic E-state index is 0.175. The number of nitrogens with zero attached hydrogens (tertiary/aromatic N) is 1. The van der Waals surface area contributed by atoms with Gasteiger partial charge in [0.15, 0.2) is 5.41 Å². The van der Waals surface area contributed by atoms with Crippen molar-refractivity contribution in [3.63, 3.8) is 0 Å². The first-order chi connectivity index (χ1) is 9.46. The van der Waals surface area contributed by atoms with Gasteiger partial charge in [-0.15, -0.1) is 0 Å². The van der Waals surface area contributed by atoms with E-state index < -0.39 is 17.5 Å².